The summed E-state index contributed by atoms with van der Waals surface area (Å²) in [6, 6.07) is 12.1. The van der Waals surface area contributed by atoms with Gasteiger partial charge in [0.1, 0.15) is 11.4 Å². The Morgan fingerprint density at radius 1 is 1.20 bits per heavy atom. The predicted molar refractivity (Wildman–Crippen MR) is 104 cm³/mol. The second-order valence-electron chi connectivity index (χ2n) is 5.40. The maximum Gasteiger partial charge on any atom is 0.329 e. The van der Waals surface area contributed by atoms with E-state index in [9.17, 15) is 9.59 Å². The number of halogens is 2. The topological polar surface area (TPSA) is 58.6 Å². The van der Waals surface area contributed by atoms with Gasteiger partial charge in [0.15, 0.2) is 0 Å². The fourth-order valence-corrected chi connectivity index (χ4v) is 3.31. The van der Waals surface area contributed by atoms with Gasteiger partial charge in [0.2, 0.25) is 0 Å². The Morgan fingerprint density at radius 3 is 2.56 bits per heavy atom. The van der Waals surface area contributed by atoms with Crippen molar-refractivity contribution in [1.82, 2.24) is 10.2 Å². The lowest BCUT2D eigenvalue weighted by molar-refractivity contribution is -0.123. The molecule has 0 radical (unpaired) electrons. The van der Waals surface area contributed by atoms with Crippen LogP contribution < -0.4 is 10.1 Å². The van der Waals surface area contributed by atoms with Crippen LogP contribution in [0.25, 0.3) is 6.08 Å². The number of methoxy groups -OCH3 is 1. The van der Waals surface area contributed by atoms with Crippen LogP contribution >= 0.6 is 34.2 Å². The highest BCUT2D eigenvalue weighted by atomic mass is 127. The van der Waals surface area contributed by atoms with Gasteiger partial charge in [-0.15, -0.1) is 0 Å². The fourth-order valence-electron chi connectivity index (χ4n) is 2.43. The number of nitrogens with one attached hydrogen (secondary N) is 1. The van der Waals surface area contributed by atoms with Crippen LogP contribution in [0.2, 0.25) is 5.02 Å². The molecule has 0 bridgehead atoms. The first kappa shape index (κ1) is 17.8. The average Bonchev–Trinajstić information content (AvgIpc) is 2.84. The van der Waals surface area contributed by atoms with Crippen molar-refractivity contribution >= 4 is 52.2 Å². The van der Waals surface area contributed by atoms with E-state index in [1.54, 1.807) is 37.5 Å². The number of rotatable bonds is 4. The zero-order chi connectivity index (χ0) is 18.0. The molecule has 2 aromatic carbocycles. The molecule has 0 atom stereocenters. The second-order valence-corrected chi connectivity index (χ2v) is 7.00. The van der Waals surface area contributed by atoms with Crippen LogP contribution in [0, 0.1) is 3.57 Å². The third-order valence-corrected chi connectivity index (χ3v) is 4.80. The van der Waals surface area contributed by atoms with Gasteiger partial charge < -0.3 is 10.1 Å². The van der Waals surface area contributed by atoms with Crippen LogP contribution in [-0.2, 0) is 11.3 Å². The summed E-state index contributed by atoms with van der Waals surface area (Å²) >= 11 is 8.01. The smallest absolute Gasteiger partial charge is 0.329 e. The molecule has 1 aliphatic heterocycles. The summed E-state index contributed by atoms with van der Waals surface area (Å²) in [5.41, 5.74) is 1.88. The van der Waals surface area contributed by atoms with Crippen LogP contribution in [0.4, 0.5) is 4.79 Å². The van der Waals surface area contributed by atoms with E-state index in [0.717, 1.165) is 20.4 Å². The lowest BCUT2D eigenvalue weighted by Gasteiger charge is -2.11. The molecule has 3 rings (SSSR count). The summed E-state index contributed by atoms with van der Waals surface area (Å²) in [7, 11) is 1.60. The molecule has 5 nitrogen and oxygen atoms in total. The highest BCUT2D eigenvalue weighted by Crippen LogP contribution is 2.24. The number of amides is 3. The van der Waals surface area contributed by atoms with Crippen molar-refractivity contribution in [2.24, 2.45) is 0 Å². The monoisotopic (exact) mass is 468 g/mol. The molecule has 1 fully saturated rings. The van der Waals surface area contributed by atoms with Crippen molar-refractivity contribution in [2.45, 2.75) is 6.54 Å². The Balaban J connectivity index is 1.80. The summed E-state index contributed by atoms with van der Waals surface area (Å²) in [6.45, 7) is 0.194. The van der Waals surface area contributed by atoms with Crippen LogP contribution in [0.15, 0.2) is 48.2 Å². The van der Waals surface area contributed by atoms with Crippen LogP contribution in [-0.4, -0.2) is 23.9 Å². The number of carbonyl (C=O) groups is 2. The predicted octanol–water partition coefficient (Wildman–Crippen LogP) is 4.05. The number of hydrogen-bond donors (Lipinski definition) is 1. The van der Waals surface area contributed by atoms with E-state index in [4.69, 9.17) is 16.3 Å². The Bertz CT molecular complexity index is 865. The number of benzene rings is 2. The maximum absolute atomic E-state index is 12.5. The van der Waals surface area contributed by atoms with Gasteiger partial charge in [0, 0.05) is 5.02 Å². The van der Waals surface area contributed by atoms with E-state index in [2.05, 4.69) is 27.9 Å². The fraction of sp³-hybridized carbons (Fsp3) is 0.111. The Kier molecular flexibility index (Phi) is 5.29. The molecule has 2 aromatic rings. The molecular weight excluding hydrogens is 455 g/mol. The lowest BCUT2D eigenvalue weighted by Crippen LogP contribution is -2.30. The minimum atomic E-state index is -0.436. The molecular formula is C18H14ClIN2O3. The number of urea groups is 1. The highest BCUT2D eigenvalue weighted by Gasteiger charge is 2.33. The van der Waals surface area contributed by atoms with Crippen molar-refractivity contribution < 1.29 is 14.3 Å². The van der Waals surface area contributed by atoms with Crippen LogP contribution in [0.3, 0.4) is 0 Å². The SMILES string of the molecule is COc1ccc(C=C2NC(=O)N(Cc3ccc(Cl)cc3)C2=O)cc1I. The van der Waals surface area contributed by atoms with Gasteiger partial charge in [-0.25, -0.2) is 4.79 Å². The lowest BCUT2D eigenvalue weighted by atomic mass is 10.1. The van der Waals surface area contributed by atoms with E-state index >= 15 is 0 Å². The van der Waals surface area contributed by atoms with Gasteiger partial charge in [-0.1, -0.05) is 29.8 Å². The van der Waals surface area contributed by atoms with E-state index in [-0.39, 0.29) is 18.1 Å². The van der Waals surface area contributed by atoms with E-state index in [1.165, 1.54) is 4.90 Å². The van der Waals surface area contributed by atoms with Crippen LogP contribution in [0.1, 0.15) is 11.1 Å². The van der Waals surface area contributed by atoms with Crippen molar-refractivity contribution in [3.8, 4) is 5.75 Å². The van der Waals surface area contributed by atoms with Crippen LogP contribution in [0.5, 0.6) is 5.75 Å². The summed E-state index contributed by atoms with van der Waals surface area (Å²) < 4.78 is 6.14. The molecule has 0 unspecified atom stereocenters. The van der Waals surface area contributed by atoms with Gasteiger partial charge in [-0.05, 0) is 64.1 Å². The molecule has 0 aliphatic carbocycles. The quantitative estimate of drug-likeness (QED) is 0.418. The van der Waals surface area contributed by atoms with Gasteiger partial charge in [0.25, 0.3) is 5.91 Å². The first-order chi connectivity index (χ1) is 12.0. The number of carbonyl (C=O) groups excluding carboxylic acids is 2. The minimum Gasteiger partial charge on any atom is -0.496 e. The molecule has 25 heavy (non-hydrogen) atoms. The Morgan fingerprint density at radius 2 is 1.92 bits per heavy atom. The van der Waals surface area contributed by atoms with Crippen molar-refractivity contribution in [1.29, 1.82) is 0 Å². The van der Waals surface area contributed by atoms with E-state index in [1.807, 2.05) is 18.2 Å². The Hall–Kier alpha value is -2.06. The van der Waals surface area contributed by atoms with E-state index < -0.39 is 6.03 Å². The van der Waals surface area contributed by atoms with Crippen molar-refractivity contribution in [3.63, 3.8) is 0 Å². The standard InChI is InChI=1S/C18H14ClIN2O3/c1-25-16-7-4-12(8-14(16)20)9-15-17(23)22(18(24)21-15)10-11-2-5-13(19)6-3-11/h2-9H,10H2,1H3,(H,21,24). The van der Waals surface area contributed by atoms with Gasteiger partial charge in [-0.3, -0.25) is 9.69 Å². The molecule has 3 amide bonds. The molecule has 0 aromatic heterocycles. The molecule has 1 heterocycles. The summed E-state index contributed by atoms with van der Waals surface area (Å²) in [5.74, 6) is 0.402. The zero-order valence-electron chi connectivity index (χ0n) is 13.3. The third kappa shape index (κ3) is 3.96. The number of hydrogen-bond acceptors (Lipinski definition) is 3. The van der Waals surface area contributed by atoms with Gasteiger partial charge >= 0.3 is 6.03 Å². The van der Waals surface area contributed by atoms with Crippen molar-refractivity contribution in [3.05, 3.63) is 67.9 Å². The first-order valence-electron chi connectivity index (χ1n) is 7.40. The number of imide groups is 1. The largest absolute Gasteiger partial charge is 0.496 e. The normalized spacial score (nSPS) is 15.6. The van der Waals surface area contributed by atoms with Gasteiger partial charge in [0.05, 0.1) is 17.2 Å². The molecule has 128 valence electrons. The molecule has 1 saturated heterocycles. The minimum absolute atomic E-state index is 0.194. The highest BCUT2D eigenvalue weighted by molar-refractivity contribution is 14.1. The van der Waals surface area contributed by atoms with Gasteiger partial charge in [-0.2, -0.15) is 0 Å². The maximum atomic E-state index is 12.5. The molecule has 0 spiro atoms. The first-order valence-corrected chi connectivity index (χ1v) is 8.86. The third-order valence-electron chi connectivity index (χ3n) is 3.70. The summed E-state index contributed by atoms with van der Waals surface area (Å²) in [4.78, 5) is 25.8. The Labute approximate surface area is 163 Å². The molecule has 1 aliphatic rings. The summed E-state index contributed by atoms with van der Waals surface area (Å²) in [5, 5.41) is 3.23. The molecule has 1 N–H and O–H groups in total. The molecule has 0 saturated carbocycles. The number of nitrogens with zero attached hydrogens (tertiary/aromatic N) is 1. The second kappa shape index (κ2) is 7.45. The zero-order valence-corrected chi connectivity index (χ0v) is 16.2. The summed E-state index contributed by atoms with van der Waals surface area (Å²) in [6.07, 6.45) is 1.66. The average molecular weight is 469 g/mol. The molecule has 7 heteroatoms. The number of ether oxygens (including phenoxy) is 1. The van der Waals surface area contributed by atoms with E-state index in [0.29, 0.717) is 5.02 Å². The van der Waals surface area contributed by atoms with Crippen molar-refractivity contribution in [2.75, 3.05) is 7.11 Å².